The van der Waals surface area contributed by atoms with Crippen LogP contribution >= 0.6 is 0 Å². The van der Waals surface area contributed by atoms with Crippen LogP contribution in [0, 0.1) is 13.8 Å². The summed E-state index contributed by atoms with van der Waals surface area (Å²) in [6, 6.07) is 3.41. The molecule has 0 aliphatic carbocycles. The second-order valence-corrected chi connectivity index (χ2v) is 6.44. The number of H-pyrrole nitrogens is 1. The third kappa shape index (κ3) is 3.02. The number of hydrogen-bond acceptors (Lipinski definition) is 4. The Kier molecular flexibility index (Phi) is 4.22. The second kappa shape index (κ2) is 5.77. The molecule has 0 saturated heterocycles. The minimum Gasteiger partial charge on any atom is -0.497 e. The fraction of sp³-hybridized carbons (Fsp3) is 0.357. The SMILES string of the molecule is CCc1cn[nH]c1NS(=O)(=O)c1c(C)cc(OC)cc1C. The predicted molar refractivity (Wildman–Crippen MR) is 81.2 cm³/mol. The van der Waals surface area contributed by atoms with Crippen molar-refractivity contribution in [2.24, 2.45) is 0 Å². The maximum Gasteiger partial charge on any atom is 0.263 e. The van der Waals surface area contributed by atoms with E-state index < -0.39 is 10.0 Å². The topological polar surface area (TPSA) is 84.1 Å². The molecule has 2 N–H and O–H groups in total. The highest BCUT2D eigenvalue weighted by Crippen LogP contribution is 2.27. The molecule has 114 valence electrons. The average Bonchev–Trinajstić information content (AvgIpc) is 2.83. The molecule has 0 amide bonds. The number of nitrogens with one attached hydrogen (secondary N) is 2. The smallest absolute Gasteiger partial charge is 0.263 e. The Hall–Kier alpha value is -2.02. The molecule has 1 aromatic heterocycles. The summed E-state index contributed by atoms with van der Waals surface area (Å²) < 4.78 is 32.9. The summed E-state index contributed by atoms with van der Waals surface area (Å²) in [5, 5.41) is 6.55. The highest BCUT2D eigenvalue weighted by Gasteiger charge is 2.22. The van der Waals surface area contributed by atoms with Gasteiger partial charge in [0.05, 0.1) is 18.2 Å². The number of anilines is 1. The molecular weight excluding hydrogens is 290 g/mol. The zero-order valence-electron chi connectivity index (χ0n) is 12.5. The van der Waals surface area contributed by atoms with Crippen LogP contribution in [-0.2, 0) is 16.4 Å². The minimum atomic E-state index is -3.68. The lowest BCUT2D eigenvalue weighted by atomic mass is 10.1. The Bertz CT molecular complexity index is 728. The number of aromatic amines is 1. The maximum absolute atomic E-state index is 12.6. The van der Waals surface area contributed by atoms with E-state index in [-0.39, 0.29) is 4.90 Å². The minimum absolute atomic E-state index is 0.264. The van der Waals surface area contributed by atoms with Gasteiger partial charge in [0, 0.05) is 5.56 Å². The van der Waals surface area contributed by atoms with Gasteiger partial charge >= 0.3 is 0 Å². The van der Waals surface area contributed by atoms with E-state index in [1.165, 1.54) is 0 Å². The van der Waals surface area contributed by atoms with Crippen molar-refractivity contribution in [2.45, 2.75) is 32.1 Å². The van der Waals surface area contributed by atoms with Crippen molar-refractivity contribution in [3.8, 4) is 5.75 Å². The fourth-order valence-electron chi connectivity index (χ4n) is 2.31. The number of sulfonamides is 1. The van der Waals surface area contributed by atoms with Gasteiger partial charge in [0.2, 0.25) is 0 Å². The molecule has 1 aromatic carbocycles. The summed E-state index contributed by atoms with van der Waals surface area (Å²) in [5.74, 6) is 1.05. The molecule has 0 aliphatic rings. The van der Waals surface area contributed by atoms with Crippen LogP contribution in [0.1, 0.15) is 23.6 Å². The lowest BCUT2D eigenvalue weighted by Gasteiger charge is -2.14. The first-order valence-corrected chi connectivity index (χ1v) is 8.07. The van der Waals surface area contributed by atoms with Gasteiger partial charge in [-0.15, -0.1) is 0 Å². The van der Waals surface area contributed by atoms with Gasteiger partial charge in [-0.2, -0.15) is 5.10 Å². The summed E-state index contributed by atoms with van der Waals surface area (Å²) in [6.07, 6.45) is 2.31. The monoisotopic (exact) mass is 309 g/mol. The van der Waals surface area contributed by atoms with E-state index in [4.69, 9.17) is 4.74 Å². The number of methoxy groups -OCH3 is 1. The first kappa shape index (κ1) is 15.4. The molecule has 2 rings (SSSR count). The normalized spacial score (nSPS) is 11.4. The second-order valence-electron chi connectivity index (χ2n) is 4.82. The van der Waals surface area contributed by atoms with Crippen molar-refractivity contribution >= 4 is 15.8 Å². The van der Waals surface area contributed by atoms with E-state index in [9.17, 15) is 8.42 Å². The quantitative estimate of drug-likeness (QED) is 0.888. The van der Waals surface area contributed by atoms with Crippen molar-refractivity contribution in [3.63, 3.8) is 0 Å². The largest absolute Gasteiger partial charge is 0.497 e. The summed E-state index contributed by atoms with van der Waals surface area (Å²) >= 11 is 0. The lowest BCUT2D eigenvalue weighted by Crippen LogP contribution is -2.17. The van der Waals surface area contributed by atoms with Gasteiger partial charge in [-0.25, -0.2) is 8.42 Å². The van der Waals surface area contributed by atoms with Crippen LogP contribution in [0.4, 0.5) is 5.82 Å². The molecule has 0 fully saturated rings. The molecule has 0 saturated carbocycles. The summed E-state index contributed by atoms with van der Waals surface area (Å²) in [6.45, 7) is 5.43. The van der Waals surface area contributed by atoms with Crippen molar-refractivity contribution in [1.29, 1.82) is 0 Å². The van der Waals surface area contributed by atoms with Crippen molar-refractivity contribution in [3.05, 3.63) is 35.0 Å². The van der Waals surface area contributed by atoms with Crippen LogP contribution in [0.2, 0.25) is 0 Å². The van der Waals surface area contributed by atoms with Crippen molar-refractivity contribution < 1.29 is 13.2 Å². The van der Waals surface area contributed by atoms with E-state index in [0.29, 0.717) is 29.1 Å². The van der Waals surface area contributed by atoms with Crippen LogP contribution in [-0.4, -0.2) is 25.7 Å². The van der Waals surface area contributed by atoms with E-state index in [1.807, 2.05) is 6.92 Å². The first-order chi connectivity index (χ1) is 9.89. The van der Waals surface area contributed by atoms with E-state index in [0.717, 1.165) is 5.56 Å². The zero-order chi connectivity index (χ0) is 15.6. The van der Waals surface area contributed by atoms with Gasteiger partial charge in [0.25, 0.3) is 10.0 Å². The fourth-order valence-corrected chi connectivity index (χ4v) is 3.82. The molecular formula is C14H19N3O3S. The maximum atomic E-state index is 12.6. The average molecular weight is 309 g/mol. The number of aromatic nitrogens is 2. The molecule has 0 spiro atoms. The summed E-state index contributed by atoms with van der Waals surface area (Å²) in [4.78, 5) is 0.264. The predicted octanol–water partition coefficient (Wildman–Crippen LogP) is 2.40. The lowest BCUT2D eigenvalue weighted by molar-refractivity contribution is 0.413. The van der Waals surface area contributed by atoms with Gasteiger partial charge in [-0.1, -0.05) is 6.92 Å². The van der Waals surface area contributed by atoms with Gasteiger partial charge in [-0.05, 0) is 43.5 Å². The number of benzene rings is 1. The highest BCUT2D eigenvalue weighted by atomic mass is 32.2. The molecule has 0 atom stereocenters. The molecule has 0 aliphatic heterocycles. The van der Waals surface area contributed by atoms with Gasteiger partial charge in [0.1, 0.15) is 11.6 Å². The molecule has 0 radical (unpaired) electrons. The Morgan fingerprint density at radius 3 is 2.43 bits per heavy atom. The third-order valence-electron chi connectivity index (χ3n) is 3.27. The summed E-state index contributed by atoms with van der Waals surface area (Å²) in [7, 11) is -2.12. The molecule has 2 aromatic rings. The van der Waals surface area contributed by atoms with Crippen LogP contribution in [0.3, 0.4) is 0 Å². The Morgan fingerprint density at radius 2 is 1.90 bits per heavy atom. The van der Waals surface area contributed by atoms with Crippen LogP contribution < -0.4 is 9.46 Å². The van der Waals surface area contributed by atoms with E-state index >= 15 is 0 Å². The summed E-state index contributed by atoms with van der Waals surface area (Å²) in [5.41, 5.74) is 2.09. The molecule has 1 heterocycles. The molecule has 6 nitrogen and oxygen atoms in total. The molecule has 21 heavy (non-hydrogen) atoms. The number of nitrogens with zero attached hydrogens (tertiary/aromatic N) is 1. The van der Waals surface area contributed by atoms with Gasteiger partial charge in [-0.3, -0.25) is 9.82 Å². The van der Waals surface area contributed by atoms with Crippen LogP contribution in [0.15, 0.2) is 23.2 Å². The van der Waals surface area contributed by atoms with Gasteiger partial charge < -0.3 is 4.74 Å². The molecule has 0 bridgehead atoms. The number of hydrogen-bond donors (Lipinski definition) is 2. The molecule has 0 unspecified atom stereocenters. The van der Waals surface area contributed by atoms with Crippen molar-refractivity contribution in [2.75, 3.05) is 11.8 Å². The molecule has 7 heteroatoms. The third-order valence-corrected chi connectivity index (χ3v) is 4.93. The number of ether oxygens (including phenoxy) is 1. The highest BCUT2D eigenvalue weighted by molar-refractivity contribution is 7.92. The van der Waals surface area contributed by atoms with E-state index in [1.54, 1.807) is 39.3 Å². The van der Waals surface area contributed by atoms with Crippen LogP contribution in [0.25, 0.3) is 0 Å². The Labute approximate surface area is 124 Å². The first-order valence-electron chi connectivity index (χ1n) is 6.59. The van der Waals surface area contributed by atoms with Crippen LogP contribution in [0.5, 0.6) is 5.75 Å². The zero-order valence-corrected chi connectivity index (χ0v) is 13.3. The van der Waals surface area contributed by atoms with Crippen molar-refractivity contribution in [1.82, 2.24) is 10.2 Å². The number of rotatable bonds is 5. The Morgan fingerprint density at radius 1 is 1.29 bits per heavy atom. The van der Waals surface area contributed by atoms with E-state index in [2.05, 4.69) is 14.9 Å². The van der Waals surface area contributed by atoms with Gasteiger partial charge in [0.15, 0.2) is 0 Å². The standard InChI is InChI=1S/C14H19N3O3S/c1-5-11-8-15-16-14(11)17-21(18,19)13-9(2)6-12(20-4)7-10(13)3/h6-8H,5H2,1-4H3,(H2,15,16,17). The number of aryl methyl sites for hydroxylation is 3. The Balaban J connectivity index is 2.45.